The number of nitrogens with one attached hydrogen (secondary N) is 1. The quantitative estimate of drug-likeness (QED) is 0.0563. The molecule has 266 valence electrons. The number of hydrogen-bond acceptors (Lipinski definition) is 0. The number of hydrogen-bond donors (Lipinski definition) is 1. The Morgan fingerprint density at radius 2 is 0.711 bits per heavy atom. The molecule has 2 nitrogen and oxygen atoms in total. The number of nitrogens with zero attached hydrogens (tertiary/aromatic N) is 1. The van der Waals surface area contributed by atoms with Gasteiger partial charge in [-0.05, 0) is 32.6 Å². The second-order valence-corrected chi connectivity index (χ2v) is 15.1. The summed E-state index contributed by atoms with van der Waals surface area (Å²) in [6.45, 7) is 9.42. The highest BCUT2D eigenvalue weighted by Gasteiger charge is 2.25. The van der Waals surface area contributed by atoms with E-state index in [4.69, 9.17) is 0 Å². The van der Waals surface area contributed by atoms with Crippen molar-refractivity contribution in [2.75, 3.05) is 0 Å². The third-order valence-corrected chi connectivity index (χ3v) is 10.6. The second-order valence-electron chi connectivity index (χ2n) is 15.1. The van der Waals surface area contributed by atoms with E-state index in [1.807, 2.05) is 0 Å². The van der Waals surface area contributed by atoms with Crippen molar-refractivity contribution in [1.29, 1.82) is 0 Å². The number of unbranched alkanes of at least 4 members (excludes halogenated alkanes) is 28. The average Bonchev–Trinajstić information content (AvgIpc) is 3.54. The maximum atomic E-state index is 3.75. The molecule has 1 N–H and O–H groups in total. The number of H-pyrrole nitrogens is 1. The molecule has 0 amide bonds. The molecule has 0 fully saturated rings. The Bertz CT molecular complexity index is 694. The molecule has 0 aromatic carbocycles. The highest BCUT2D eigenvalue weighted by atomic mass is 15.1. The van der Waals surface area contributed by atoms with Crippen molar-refractivity contribution in [3.05, 3.63) is 18.2 Å². The van der Waals surface area contributed by atoms with Gasteiger partial charge in [0.2, 0.25) is 0 Å². The maximum absolute atomic E-state index is 3.75. The van der Waals surface area contributed by atoms with Crippen molar-refractivity contribution in [2.24, 2.45) is 0 Å². The van der Waals surface area contributed by atoms with Crippen LogP contribution in [-0.2, 0) is 0 Å². The largest absolute Gasteiger partial charge is 0.257 e. The summed E-state index contributed by atoms with van der Waals surface area (Å²) in [7, 11) is 0. The first kappa shape index (κ1) is 42.2. The van der Waals surface area contributed by atoms with Gasteiger partial charge >= 0.3 is 0 Å². The molecule has 1 heterocycles. The van der Waals surface area contributed by atoms with Crippen molar-refractivity contribution in [3.63, 3.8) is 0 Å². The molecule has 45 heavy (non-hydrogen) atoms. The van der Waals surface area contributed by atoms with E-state index >= 15 is 0 Å². The van der Waals surface area contributed by atoms with E-state index in [1.165, 1.54) is 224 Å². The molecule has 2 heteroatoms. The molecular formula is C43H85N2+. The minimum Gasteiger partial charge on any atom is -0.247 e. The van der Waals surface area contributed by atoms with Crippen LogP contribution < -0.4 is 4.57 Å². The Balaban J connectivity index is 2.33. The lowest BCUT2D eigenvalue weighted by Gasteiger charge is -2.17. The van der Waals surface area contributed by atoms with Crippen LogP contribution in [0.2, 0.25) is 0 Å². The highest BCUT2D eigenvalue weighted by Crippen LogP contribution is 2.27. The zero-order valence-corrected chi connectivity index (χ0v) is 31.8. The van der Waals surface area contributed by atoms with E-state index in [0.717, 1.165) is 0 Å². The summed E-state index contributed by atoms with van der Waals surface area (Å²) in [4.78, 5) is 3.75. The summed E-state index contributed by atoms with van der Waals surface area (Å²) >= 11 is 0. The number of aromatic nitrogens is 2. The van der Waals surface area contributed by atoms with Gasteiger partial charge in [-0.1, -0.05) is 213 Å². The molecule has 1 aromatic heterocycles. The molecule has 0 radical (unpaired) electrons. The van der Waals surface area contributed by atoms with Gasteiger partial charge in [0.25, 0.3) is 5.82 Å². The summed E-state index contributed by atoms with van der Waals surface area (Å²) < 4.78 is 2.64. The summed E-state index contributed by atoms with van der Waals surface area (Å²) in [6, 6.07) is 0.619. The van der Waals surface area contributed by atoms with Crippen molar-refractivity contribution in [2.45, 2.75) is 258 Å². The minimum absolute atomic E-state index is 0.619. The fourth-order valence-corrected chi connectivity index (χ4v) is 7.49. The molecule has 0 aliphatic heterocycles. The van der Waals surface area contributed by atoms with Crippen LogP contribution >= 0.6 is 0 Å². The third-order valence-electron chi connectivity index (χ3n) is 10.6. The van der Waals surface area contributed by atoms with Crippen LogP contribution in [0.15, 0.2) is 12.4 Å². The Morgan fingerprint density at radius 1 is 0.422 bits per heavy atom. The van der Waals surface area contributed by atoms with Crippen LogP contribution in [0.3, 0.4) is 0 Å². The first-order valence-electron chi connectivity index (χ1n) is 21.3. The lowest BCUT2D eigenvalue weighted by atomic mass is 9.92. The molecular weight excluding hydrogens is 544 g/mol. The molecule has 0 bridgehead atoms. The molecule has 1 aromatic rings. The minimum atomic E-state index is 0.619. The van der Waals surface area contributed by atoms with Crippen LogP contribution in [0.25, 0.3) is 0 Å². The summed E-state index contributed by atoms with van der Waals surface area (Å²) in [5.74, 6) is 2.25. The molecule has 0 saturated heterocycles. The Labute approximate surface area is 285 Å². The standard InChI is InChI=1S/C43H84N2/c1-5-8-11-14-17-19-20-21-22-23-24-25-26-29-32-35-38-42(37-34-31-28-18-15-12-9-6-2)43-44-39-40-45(43)41(4)36-33-30-27-16-13-10-7-3/h39-42H,5-38H2,1-4H3/p+1. The fraction of sp³-hybridized carbons (Fsp3) is 0.930. The maximum Gasteiger partial charge on any atom is 0.257 e. The van der Waals surface area contributed by atoms with E-state index in [2.05, 4.69) is 49.6 Å². The van der Waals surface area contributed by atoms with Gasteiger partial charge in [0.1, 0.15) is 12.4 Å². The van der Waals surface area contributed by atoms with Gasteiger partial charge in [0, 0.05) is 0 Å². The Kier molecular flexibility index (Phi) is 31.1. The van der Waals surface area contributed by atoms with Gasteiger partial charge in [-0.25, -0.2) is 9.55 Å². The van der Waals surface area contributed by atoms with Crippen molar-refractivity contribution >= 4 is 0 Å². The Morgan fingerprint density at radius 3 is 1.04 bits per heavy atom. The predicted molar refractivity (Wildman–Crippen MR) is 202 cm³/mol. The summed E-state index contributed by atoms with van der Waals surface area (Å²) in [6.07, 6.45) is 53.2. The monoisotopic (exact) mass is 630 g/mol. The average molecular weight is 630 g/mol. The molecule has 1 rings (SSSR count). The van der Waals surface area contributed by atoms with Crippen LogP contribution in [-0.4, -0.2) is 4.98 Å². The Hall–Kier alpha value is -0.790. The zero-order chi connectivity index (χ0) is 32.5. The fourth-order valence-electron chi connectivity index (χ4n) is 7.49. The van der Waals surface area contributed by atoms with Gasteiger partial charge in [-0.15, -0.1) is 0 Å². The SMILES string of the molecule is CCCCCCCCCCCCCCCCCCC(CCCCCCCCCC)c1[nH]cc[n+]1C(C)CCCCCCCCC. The van der Waals surface area contributed by atoms with E-state index in [9.17, 15) is 0 Å². The van der Waals surface area contributed by atoms with Crippen LogP contribution in [0, 0.1) is 0 Å². The first-order valence-corrected chi connectivity index (χ1v) is 21.3. The highest BCUT2D eigenvalue weighted by molar-refractivity contribution is 4.90. The number of rotatable bonds is 36. The van der Waals surface area contributed by atoms with Crippen molar-refractivity contribution in [1.82, 2.24) is 4.98 Å². The van der Waals surface area contributed by atoms with Crippen LogP contribution in [0.5, 0.6) is 0 Å². The summed E-state index contributed by atoms with van der Waals surface area (Å²) in [5, 5.41) is 0. The molecule has 0 spiro atoms. The first-order chi connectivity index (χ1) is 22.2. The van der Waals surface area contributed by atoms with Gasteiger partial charge in [0.05, 0.1) is 12.0 Å². The summed E-state index contributed by atoms with van der Waals surface area (Å²) in [5.41, 5.74) is 0. The molecule has 0 aliphatic carbocycles. The van der Waals surface area contributed by atoms with Gasteiger partial charge < -0.3 is 0 Å². The smallest absolute Gasteiger partial charge is 0.247 e. The number of aromatic amines is 1. The lowest BCUT2D eigenvalue weighted by molar-refractivity contribution is -0.727. The van der Waals surface area contributed by atoms with Crippen LogP contribution in [0.1, 0.15) is 264 Å². The molecule has 0 saturated carbocycles. The molecule has 2 unspecified atom stereocenters. The van der Waals surface area contributed by atoms with Crippen molar-refractivity contribution < 1.29 is 4.57 Å². The molecule has 0 aliphatic rings. The van der Waals surface area contributed by atoms with E-state index in [1.54, 1.807) is 0 Å². The van der Waals surface area contributed by atoms with E-state index in [-0.39, 0.29) is 0 Å². The zero-order valence-electron chi connectivity index (χ0n) is 31.8. The number of imidazole rings is 1. The third kappa shape index (κ3) is 25.0. The topological polar surface area (TPSA) is 19.7 Å². The van der Waals surface area contributed by atoms with Crippen molar-refractivity contribution in [3.8, 4) is 0 Å². The molecule has 2 atom stereocenters. The predicted octanol–water partition coefficient (Wildman–Crippen LogP) is 15.3. The van der Waals surface area contributed by atoms with Gasteiger partial charge in [-0.2, -0.15) is 0 Å². The van der Waals surface area contributed by atoms with E-state index in [0.29, 0.717) is 12.0 Å². The second kappa shape index (κ2) is 33.1. The lowest BCUT2D eigenvalue weighted by Crippen LogP contribution is -2.41. The van der Waals surface area contributed by atoms with E-state index < -0.39 is 0 Å². The van der Waals surface area contributed by atoms with Gasteiger partial charge in [0.15, 0.2) is 0 Å². The van der Waals surface area contributed by atoms with Gasteiger partial charge in [-0.3, -0.25) is 0 Å². The van der Waals surface area contributed by atoms with Crippen LogP contribution in [0.4, 0.5) is 0 Å². The normalized spacial score (nSPS) is 13.1.